The van der Waals surface area contributed by atoms with Gasteiger partial charge in [-0.2, -0.15) is 0 Å². The van der Waals surface area contributed by atoms with Crippen LogP contribution in [0.5, 0.6) is 0 Å². The third kappa shape index (κ3) is 3.46. The SMILES string of the molecule is CN(CC1CCCC1)C(=O)C[C@H]1Sc2ccccc2NC1=O. The van der Waals surface area contributed by atoms with E-state index in [0.717, 1.165) is 17.1 Å². The maximum atomic E-state index is 12.4. The molecule has 0 bridgehead atoms. The van der Waals surface area contributed by atoms with Gasteiger partial charge in [-0.3, -0.25) is 9.59 Å². The van der Waals surface area contributed by atoms with E-state index in [9.17, 15) is 9.59 Å². The van der Waals surface area contributed by atoms with Gasteiger partial charge in [0, 0.05) is 24.9 Å². The first kappa shape index (κ1) is 15.4. The van der Waals surface area contributed by atoms with Gasteiger partial charge in [0.1, 0.15) is 0 Å². The topological polar surface area (TPSA) is 49.4 Å². The molecule has 4 nitrogen and oxygen atoms in total. The molecule has 1 aliphatic heterocycles. The monoisotopic (exact) mass is 318 g/mol. The van der Waals surface area contributed by atoms with E-state index >= 15 is 0 Å². The molecule has 1 saturated carbocycles. The number of hydrogen-bond acceptors (Lipinski definition) is 3. The van der Waals surface area contributed by atoms with Crippen LogP contribution in [0.1, 0.15) is 32.1 Å². The molecule has 5 heteroatoms. The predicted molar refractivity (Wildman–Crippen MR) is 88.9 cm³/mol. The van der Waals surface area contributed by atoms with E-state index < -0.39 is 0 Å². The van der Waals surface area contributed by atoms with E-state index in [4.69, 9.17) is 0 Å². The van der Waals surface area contributed by atoms with Gasteiger partial charge in [-0.05, 0) is 30.9 Å². The highest BCUT2D eigenvalue weighted by Gasteiger charge is 2.30. The maximum Gasteiger partial charge on any atom is 0.238 e. The smallest absolute Gasteiger partial charge is 0.238 e. The first-order valence-corrected chi connectivity index (χ1v) is 8.82. The Morgan fingerprint density at radius 2 is 2.05 bits per heavy atom. The van der Waals surface area contributed by atoms with Gasteiger partial charge in [0.2, 0.25) is 11.8 Å². The van der Waals surface area contributed by atoms with Crippen molar-refractivity contribution in [2.75, 3.05) is 18.9 Å². The van der Waals surface area contributed by atoms with Crippen LogP contribution < -0.4 is 5.32 Å². The second-order valence-corrected chi connectivity index (χ2v) is 7.47. The quantitative estimate of drug-likeness (QED) is 0.928. The summed E-state index contributed by atoms with van der Waals surface area (Å²) in [5.74, 6) is 0.646. The van der Waals surface area contributed by atoms with Crippen molar-refractivity contribution in [1.82, 2.24) is 4.90 Å². The van der Waals surface area contributed by atoms with E-state index in [-0.39, 0.29) is 23.5 Å². The fraction of sp³-hybridized carbons (Fsp3) is 0.529. The summed E-state index contributed by atoms with van der Waals surface area (Å²) in [6, 6.07) is 7.73. The summed E-state index contributed by atoms with van der Waals surface area (Å²) in [6.07, 6.45) is 5.29. The average Bonchev–Trinajstić information content (AvgIpc) is 3.00. The van der Waals surface area contributed by atoms with Crippen LogP contribution >= 0.6 is 11.8 Å². The minimum Gasteiger partial charge on any atom is -0.345 e. The Kier molecular flexibility index (Phi) is 4.71. The lowest BCUT2D eigenvalue weighted by Crippen LogP contribution is -2.37. The summed E-state index contributed by atoms with van der Waals surface area (Å²) in [6.45, 7) is 0.828. The number of rotatable bonds is 4. The van der Waals surface area contributed by atoms with Crippen molar-refractivity contribution in [1.29, 1.82) is 0 Å². The second-order valence-electron chi connectivity index (χ2n) is 6.22. The average molecular weight is 318 g/mol. The number of amides is 2. The molecule has 1 N–H and O–H groups in total. The van der Waals surface area contributed by atoms with Gasteiger partial charge in [0.25, 0.3) is 0 Å². The number of carbonyl (C=O) groups is 2. The molecular weight excluding hydrogens is 296 g/mol. The molecule has 1 atom stereocenters. The molecule has 118 valence electrons. The number of carbonyl (C=O) groups excluding carboxylic acids is 2. The lowest BCUT2D eigenvalue weighted by Gasteiger charge is -2.26. The Morgan fingerprint density at radius 1 is 1.32 bits per heavy atom. The molecule has 1 aromatic carbocycles. The van der Waals surface area contributed by atoms with Crippen LogP contribution in [-0.2, 0) is 9.59 Å². The normalized spacial score (nSPS) is 21.3. The third-order valence-electron chi connectivity index (χ3n) is 4.50. The highest BCUT2D eigenvalue weighted by Crippen LogP contribution is 2.36. The van der Waals surface area contributed by atoms with Crippen LogP contribution in [0.2, 0.25) is 0 Å². The molecule has 2 aliphatic rings. The minimum atomic E-state index is -0.326. The number of anilines is 1. The molecule has 3 rings (SSSR count). The van der Waals surface area contributed by atoms with Gasteiger partial charge in [0.15, 0.2) is 0 Å². The van der Waals surface area contributed by atoms with E-state index in [1.165, 1.54) is 37.4 Å². The van der Waals surface area contributed by atoms with Crippen LogP contribution in [0, 0.1) is 5.92 Å². The fourth-order valence-corrected chi connectivity index (χ4v) is 4.33. The molecule has 0 unspecified atom stereocenters. The number of fused-ring (bicyclic) bond motifs is 1. The molecule has 22 heavy (non-hydrogen) atoms. The Labute approximate surface area is 135 Å². The van der Waals surface area contributed by atoms with Crippen molar-refractivity contribution < 1.29 is 9.59 Å². The van der Waals surface area contributed by atoms with Crippen molar-refractivity contribution in [2.45, 2.75) is 42.2 Å². The summed E-state index contributed by atoms with van der Waals surface area (Å²) >= 11 is 1.49. The number of thioether (sulfide) groups is 1. The summed E-state index contributed by atoms with van der Waals surface area (Å²) in [5, 5.41) is 2.57. The second kappa shape index (κ2) is 6.73. The standard InChI is InChI=1S/C17H22N2O2S/c1-19(11-12-6-2-3-7-12)16(20)10-15-17(21)18-13-8-4-5-9-14(13)22-15/h4-5,8-9,12,15H,2-3,6-7,10-11H2,1H3,(H,18,21)/t15-/m1/s1. The zero-order valence-corrected chi connectivity index (χ0v) is 13.7. The molecular formula is C17H22N2O2S. The van der Waals surface area contributed by atoms with E-state index in [0.29, 0.717) is 5.92 Å². The first-order chi connectivity index (χ1) is 10.6. The molecule has 2 amide bonds. The van der Waals surface area contributed by atoms with Crippen molar-refractivity contribution in [3.8, 4) is 0 Å². The largest absolute Gasteiger partial charge is 0.345 e. The molecule has 0 saturated heterocycles. The van der Waals surface area contributed by atoms with Gasteiger partial charge >= 0.3 is 0 Å². The van der Waals surface area contributed by atoms with Gasteiger partial charge in [-0.1, -0.05) is 25.0 Å². The number of benzene rings is 1. The lowest BCUT2D eigenvalue weighted by molar-refractivity contribution is -0.131. The molecule has 1 aromatic rings. The molecule has 1 aliphatic carbocycles. The lowest BCUT2D eigenvalue weighted by atomic mass is 10.1. The highest BCUT2D eigenvalue weighted by molar-refractivity contribution is 8.01. The van der Waals surface area contributed by atoms with Crippen molar-refractivity contribution in [2.24, 2.45) is 5.92 Å². The first-order valence-electron chi connectivity index (χ1n) is 7.94. The number of nitrogens with zero attached hydrogens (tertiary/aromatic N) is 1. The summed E-state index contributed by atoms with van der Waals surface area (Å²) in [7, 11) is 1.86. The van der Waals surface area contributed by atoms with Crippen LogP contribution in [0.25, 0.3) is 0 Å². The summed E-state index contributed by atoms with van der Waals surface area (Å²) < 4.78 is 0. The third-order valence-corrected chi connectivity index (χ3v) is 5.77. The Hall–Kier alpha value is -1.49. The van der Waals surface area contributed by atoms with Crippen LogP contribution in [0.15, 0.2) is 29.2 Å². The number of nitrogens with one attached hydrogen (secondary N) is 1. The Bertz CT molecular complexity index is 570. The minimum absolute atomic E-state index is 0.0636. The van der Waals surface area contributed by atoms with Crippen molar-refractivity contribution >= 4 is 29.3 Å². The molecule has 1 fully saturated rings. The number of para-hydroxylation sites is 1. The fourth-order valence-electron chi connectivity index (χ4n) is 3.22. The van der Waals surface area contributed by atoms with Crippen molar-refractivity contribution in [3.63, 3.8) is 0 Å². The van der Waals surface area contributed by atoms with Gasteiger partial charge in [0.05, 0.1) is 10.9 Å². The molecule has 0 spiro atoms. The Balaban J connectivity index is 1.58. The zero-order chi connectivity index (χ0) is 15.5. The van der Waals surface area contributed by atoms with Gasteiger partial charge in [-0.15, -0.1) is 11.8 Å². The summed E-state index contributed by atoms with van der Waals surface area (Å²) in [5.41, 5.74) is 0.848. The van der Waals surface area contributed by atoms with Gasteiger partial charge in [-0.25, -0.2) is 0 Å². The maximum absolute atomic E-state index is 12.4. The van der Waals surface area contributed by atoms with Crippen LogP contribution in [-0.4, -0.2) is 35.6 Å². The zero-order valence-electron chi connectivity index (χ0n) is 12.9. The molecule has 0 radical (unpaired) electrons. The van der Waals surface area contributed by atoms with Crippen LogP contribution in [0.4, 0.5) is 5.69 Å². The predicted octanol–water partition coefficient (Wildman–Crippen LogP) is 3.14. The number of hydrogen-bond donors (Lipinski definition) is 1. The van der Waals surface area contributed by atoms with E-state index in [1.807, 2.05) is 36.2 Å². The highest BCUT2D eigenvalue weighted by atomic mass is 32.2. The van der Waals surface area contributed by atoms with E-state index in [2.05, 4.69) is 5.32 Å². The Morgan fingerprint density at radius 3 is 2.82 bits per heavy atom. The molecule has 0 aromatic heterocycles. The van der Waals surface area contributed by atoms with Crippen molar-refractivity contribution in [3.05, 3.63) is 24.3 Å². The van der Waals surface area contributed by atoms with E-state index in [1.54, 1.807) is 0 Å². The van der Waals surface area contributed by atoms with Crippen LogP contribution in [0.3, 0.4) is 0 Å². The van der Waals surface area contributed by atoms with Gasteiger partial charge < -0.3 is 10.2 Å². The summed E-state index contributed by atoms with van der Waals surface area (Å²) in [4.78, 5) is 27.4. The molecule has 1 heterocycles.